The van der Waals surface area contributed by atoms with Crippen LogP contribution in [0.3, 0.4) is 0 Å². The highest BCUT2D eigenvalue weighted by atomic mass is 16.5. The summed E-state index contributed by atoms with van der Waals surface area (Å²) in [6.07, 6.45) is 3.10. The smallest absolute Gasteiger partial charge is 0.339 e. The molecule has 2 aromatic rings. The van der Waals surface area contributed by atoms with E-state index in [4.69, 9.17) is 9.26 Å². The number of esters is 1. The van der Waals surface area contributed by atoms with Gasteiger partial charge in [0, 0.05) is 12.4 Å². The van der Waals surface area contributed by atoms with E-state index in [2.05, 4.69) is 20.4 Å². The molecule has 9 heteroatoms. The number of aliphatic hydroxyl groups is 1. The summed E-state index contributed by atoms with van der Waals surface area (Å²) in [6, 6.07) is 3.39. The summed E-state index contributed by atoms with van der Waals surface area (Å²) in [4.78, 5) is 31.3. The zero-order valence-electron chi connectivity index (χ0n) is 12.6. The van der Waals surface area contributed by atoms with E-state index in [0.29, 0.717) is 5.56 Å². The summed E-state index contributed by atoms with van der Waals surface area (Å²) in [7, 11) is 0. The number of nitrogens with zero attached hydrogens (tertiary/aromatic N) is 3. The van der Waals surface area contributed by atoms with Gasteiger partial charge in [0.2, 0.25) is 0 Å². The van der Waals surface area contributed by atoms with Gasteiger partial charge >= 0.3 is 5.97 Å². The molecule has 0 unspecified atom stereocenters. The lowest BCUT2D eigenvalue weighted by molar-refractivity contribution is -0.162. The Morgan fingerprint density at radius 3 is 2.91 bits per heavy atom. The molecule has 0 aliphatic carbocycles. The third-order valence-electron chi connectivity index (χ3n) is 2.85. The van der Waals surface area contributed by atoms with Gasteiger partial charge < -0.3 is 19.7 Å². The quantitative estimate of drug-likeness (QED) is 0.721. The van der Waals surface area contributed by atoms with Crippen molar-refractivity contribution in [3.05, 3.63) is 30.4 Å². The van der Waals surface area contributed by atoms with Crippen LogP contribution < -0.4 is 5.32 Å². The third-order valence-corrected chi connectivity index (χ3v) is 2.85. The van der Waals surface area contributed by atoms with Gasteiger partial charge in [-0.15, -0.1) is 0 Å². The minimum Gasteiger partial charge on any atom is -0.464 e. The Labute approximate surface area is 131 Å². The highest BCUT2D eigenvalue weighted by Crippen LogP contribution is 2.15. The van der Waals surface area contributed by atoms with Gasteiger partial charge in [0.15, 0.2) is 5.60 Å². The van der Waals surface area contributed by atoms with Crippen LogP contribution in [0.4, 0.5) is 0 Å². The van der Waals surface area contributed by atoms with Gasteiger partial charge in [0.1, 0.15) is 0 Å². The molecule has 0 aliphatic heterocycles. The van der Waals surface area contributed by atoms with E-state index in [1.54, 1.807) is 25.3 Å². The second-order valence-electron chi connectivity index (χ2n) is 4.84. The number of nitrogens with one attached hydrogen (secondary N) is 1. The van der Waals surface area contributed by atoms with E-state index in [9.17, 15) is 14.7 Å². The van der Waals surface area contributed by atoms with E-state index < -0.39 is 17.5 Å². The summed E-state index contributed by atoms with van der Waals surface area (Å²) in [5.41, 5.74) is -1.28. The topological polar surface area (TPSA) is 127 Å². The van der Waals surface area contributed by atoms with Crippen LogP contribution in [0.1, 0.15) is 24.5 Å². The van der Waals surface area contributed by atoms with Crippen molar-refractivity contribution >= 4 is 11.9 Å². The molecule has 0 radical (unpaired) electrons. The molecule has 0 saturated carbocycles. The zero-order chi connectivity index (χ0) is 16.9. The van der Waals surface area contributed by atoms with Crippen molar-refractivity contribution < 1.29 is 24.0 Å². The van der Waals surface area contributed by atoms with Crippen LogP contribution in [-0.4, -0.2) is 50.9 Å². The molecule has 0 aliphatic rings. The summed E-state index contributed by atoms with van der Waals surface area (Å²) in [5, 5.41) is 15.8. The van der Waals surface area contributed by atoms with Gasteiger partial charge in [-0.25, -0.2) is 4.79 Å². The van der Waals surface area contributed by atoms with Crippen molar-refractivity contribution in [2.75, 3.05) is 13.2 Å². The summed E-state index contributed by atoms with van der Waals surface area (Å²) in [5.74, 6) is -1.60. The van der Waals surface area contributed by atoms with Crippen LogP contribution in [0, 0.1) is 0 Å². The second-order valence-corrected chi connectivity index (χ2v) is 4.84. The van der Waals surface area contributed by atoms with Gasteiger partial charge in [-0.3, -0.25) is 9.78 Å². The monoisotopic (exact) mass is 320 g/mol. The van der Waals surface area contributed by atoms with Crippen molar-refractivity contribution in [2.24, 2.45) is 0 Å². The molecule has 2 N–H and O–H groups in total. The lowest BCUT2D eigenvalue weighted by atomic mass is 10.1. The number of hydrogen-bond donors (Lipinski definition) is 2. The molecule has 122 valence electrons. The molecule has 0 aromatic carbocycles. The molecule has 23 heavy (non-hydrogen) atoms. The van der Waals surface area contributed by atoms with Crippen LogP contribution >= 0.6 is 0 Å². The Kier molecular flexibility index (Phi) is 5.02. The molecule has 2 heterocycles. The van der Waals surface area contributed by atoms with E-state index in [-0.39, 0.29) is 24.9 Å². The third kappa shape index (κ3) is 4.10. The molecule has 1 amide bonds. The predicted molar refractivity (Wildman–Crippen MR) is 77.1 cm³/mol. The van der Waals surface area contributed by atoms with Crippen LogP contribution in [0.25, 0.3) is 11.5 Å². The Bertz CT molecular complexity index is 683. The molecule has 2 rings (SSSR count). The molecular weight excluding hydrogens is 304 g/mol. The van der Waals surface area contributed by atoms with Crippen molar-refractivity contribution in [3.8, 4) is 11.5 Å². The number of aromatic nitrogens is 3. The Balaban J connectivity index is 1.99. The van der Waals surface area contributed by atoms with Crippen molar-refractivity contribution in [1.29, 1.82) is 0 Å². The maximum Gasteiger partial charge on any atom is 0.339 e. The van der Waals surface area contributed by atoms with Crippen molar-refractivity contribution in [1.82, 2.24) is 20.4 Å². The Morgan fingerprint density at radius 1 is 1.48 bits per heavy atom. The normalized spacial score (nSPS) is 13.2. The van der Waals surface area contributed by atoms with E-state index >= 15 is 0 Å². The van der Waals surface area contributed by atoms with Crippen LogP contribution in [-0.2, 0) is 9.53 Å². The lowest BCUT2D eigenvalue weighted by Gasteiger charge is -2.20. The number of pyridine rings is 1. The highest BCUT2D eigenvalue weighted by Gasteiger charge is 2.33. The van der Waals surface area contributed by atoms with Gasteiger partial charge in [-0.2, -0.15) is 4.98 Å². The average molecular weight is 320 g/mol. The van der Waals surface area contributed by atoms with E-state index in [0.717, 1.165) is 0 Å². The number of ether oxygens (including phenoxy) is 1. The van der Waals surface area contributed by atoms with Crippen LogP contribution in [0.15, 0.2) is 29.0 Å². The standard InChI is InChI=1S/C14H16N4O5/c1-3-22-13(20)14(2,21)8-16-11(19)10-17-12(23-18-10)9-5-4-6-15-7-9/h4-7,21H,3,8H2,1-2H3,(H,16,19)/t14-/m0/s1. The fraction of sp³-hybridized carbons (Fsp3) is 0.357. The van der Waals surface area contributed by atoms with Crippen molar-refractivity contribution in [3.63, 3.8) is 0 Å². The first kappa shape index (κ1) is 16.6. The maximum absolute atomic E-state index is 11.9. The lowest BCUT2D eigenvalue weighted by Crippen LogP contribution is -2.47. The number of carbonyl (C=O) groups excluding carboxylic acids is 2. The summed E-state index contributed by atoms with van der Waals surface area (Å²) < 4.78 is 9.68. The molecule has 2 aromatic heterocycles. The van der Waals surface area contributed by atoms with Gasteiger partial charge in [0.25, 0.3) is 17.6 Å². The number of rotatable bonds is 6. The fourth-order valence-electron chi connectivity index (χ4n) is 1.61. The molecule has 0 saturated heterocycles. The van der Waals surface area contributed by atoms with E-state index in [1.165, 1.54) is 13.1 Å². The SMILES string of the molecule is CCOC(=O)[C@@](C)(O)CNC(=O)c1noc(-c2cccnc2)n1. The van der Waals surface area contributed by atoms with Gasteiger partial charge in [0.05, 0.1) is 18.7 Å². The van der Waals surface area contributed by atoms with Gasteiger partial charge in [-0.05, 0) is 26.0 Å². The number of amides is 1. The van der Waals surface area contributed by atoms with Crippen LogP contribution in [0.2, 0.25) is 0 Å². The molecule has 0 fully saturated rings. The molecule has 0 bridgehead atoms. The van der Waals surface area contributed by atoms with Gasteiger partial charge in [-0.1, -0.05) is 5.16 Å². The maximum atomic E-state index is 11.9. The highest BCUT2D eigenvalue weighted by molar-refractivity contribution is 5.91. The average Bonchev–Trinajstić information content (AvgIpc) is 3.04. The minimum atomic E-state index is -1.85. The van der Waals surface area contributed by atoms with E-state index in [1.807, 2.05) is 0 Å². The zero-order valence-corrected chi connectivity index (χ0v) is 12.6. The first-order valence-corrected chi connectivity index (χ1v) is 6.86. The fourth-order valence-corrected chi connectivity index (χ4v) is 1.61. The molecule has 9 nitrogen and oxygen atoms in total. The molecule has 1 atom stereocenters. The van der Waals surface area contributed by atoms with Crippen molar-refractivity contribution in [2.45, 2.75) is 19.4 Å². The Morgan fingerprint density at radius 2 is 2.26 bits per heavy atom. The summed E-state index contributed by atoms with van der Waals surface area (Å²) >= 11 is 0. The predicted octanol–water partition coefficient (Wildman–Crippen LogP) is 0.175. The first-order valence-electron chi connectivity index (χ1n) is 6.86. The Hall–Kier alpha value is -2.81. The minimum absolute atomic E-state index is 0.127. The number of carbonyl (C=O) groups is 2. The molecule has 0 spiro atoms. The largest absolute Gasteiger partial charge is 0.464 e. The first-order chi connectivity index (χ1) is 10.9. The number of hydrogen-bond acceptors (Lipinski definition) is 8. The second kappa shape index (κ2) is 6.97. The summed E-state index contributed by atoms with van der Waals surface area (Å²) in [6.45, 7) is 2.64. The van der Waals surface area contributed by atoms with Crippen LogP contribution in [0.5, 0.6) is 0 Å². The molecular formula is C14H16N4O5.